The molecule has 130 valence electrons. The number of rotatable bonds is 5. The highest BCUT2D eigenvalue weighted by molar-refractivity contribution is 5.92. The molecule has 0 radical (unpaired) electrons. The third-order valence-electron chi connectivity index (χ3n) is 3.75. The van der Waals surface area contributed by atoms with Gasteiger partial charge in [-0.2, -0.15) is 0 Å². The van der Waals surface area contributed by atoms with Gasteiger partial charge >= 0.3 is 5.97 Å². The van der Waals surface area contributed by atoms with Crippen molar-refractivity contribution in [2.45, 2.75) is 13.0 Å². The molecule has 1 aromatic heterocycles. The topological polar surface area (TPSA) is 102 Å². The van der Waals surface area contributed by atoms with Crippen LogP contribution < -0.4 is 9.47 Å². The number of para-hydroxylation sites is 2. The average Bonchev–Trinajstić information content (AvgIpc) is 2.65. The lowest BCUT2D eigenvalue weighted by Crippen LogP contribution is -2.43. The van der Waals surface area contributed by atoms with Gasteiger partial charge in [-0.3, -0.25) is 4.79 Å². The van der Waals surface area contributed by atoms with Crippen LogP contribution in [0.1, 0.15) is 27.9 Å². The Bertz CT molecular complexity index is 778. The zero-order valence-corrected chi connectivity index (χ0v) is 13.6. The van der Waals surface area contributed by atoms with Crippen molar-refractivity contribution in [3.05, 3.63) is 48.0 Å². The summed E-state index contributed by atoms with van der Waals surface area (Å²) in [5.41, 5.74) is -0.121. The SMILES string of the molecule is CCN(CC1COc2ccccc2O1)C(=O)c1cnc(C(=O)O)cn1. The Labute approximate surface area is 144 Å². The van der Waals surface area contributed by atoms with Gasteiger partial charge in [-0.15, -0.1) is 0 Å². The van der Waals surface area contributed by atoms with Crippen LogP contribution in [0.5, 0.6) is 11.5 Å². The van der Waals surface area contributed by atoms with Crippen molar-refractivity contribution >= 4 is 11.9 Å². The Kier molecular flexibility index (Phi) is 4.78. The van der Waals surface area contributed by atoms with Gasteiger partial charge in [0.05, 0.1) is 18.9 Å². The van der Waals surface area contributed by atoms with Crippen molar-refractivity contribution in [3.8, 4) is 11.5 Å². The zero-order valence-electron chi connectivity index (χ0n) is 13.6. The largest absolute Gasteiger partial charge is 0.486 e. The molecule has 0 saturated heterocycles. The number of hydrogen-bond acceptors (Lipinski definition) is 6. The number of amides is 1. The van der Waals surface area contributed by atoms with Crippen LogP contribution in [0.15, 0.2) is 36.7 Å². The van der Waals surface area contributed by atoms with Gasteiger partial charge in [0.15, 0.2) is 23.3 Å². The average molecular weight is 343 g/mol. The fourth-order valence-corrected chi connectivity index (χ4v) is 2.47. The van der Waals surface area contributed by atoms with Gasteiger partial charge < -0.3 is 19.5 Å². The maximum atomic E-state index is 12.6. The lowest BCUT2D eigenvalue weighted by Gasteiger charge is -2.30. The standard InChI is InChI=1S/C17H17N3O5/c1-2-20(16(21)12-7-19-13(8-18-12)17(22)23)9-11-10-24-14-5-3-4-6-15(14)25-11/h3-8,11H,2,9-10H2,1H3,(H,22,23). The fraction of sp³-hybridized carbons (Fsp3) is 0.294. The van der Waals surface area contributed by atoms with Gasteiger partial charge in [-0.05, 0) is 19.1 Å². The Morgan fingerprint density at radius 1 is 1.20 bits per heavy atom. The second kappa shape index (κ2) is 7.16. The molecule has 3 rings (SSSR count). The minimum atomic E-state index is -1.19. The second-order valence-electron chi connectivity index (χ2n) is 5.43. The quantitative estimate of drug-likeness (QED) is 0.877. The summed E-state index contributed by atoms with van der Waals surface area (Å²) in [6.07, 6.45) is 1.94. The van der Waals surface area contributed by atoms with Gasteiger partial charge in [0, 0.05) is 6.54 Å². The second-order valence-corrected chi connectivity index (χ2v) is 5.43. The van der Waals surface area contributed by atoms with Crippen LogP contribution in [-0.2, 0) is 0 Å². The summed E-state index contributed by atoms with van der Waals surface area (Å²) in [7, 11) is 0. The Balaban J connectivity index is 1.68. The third kappa shape index (κ3) is 3.68. The number of carbonyl (C=O) groups is 2. The van der Waals surface area contributed by atoms with E-state index in [4.69, 9.17) is 14.6 Å². The Morgan fingerprint density at radius 3 is 2.52 bits per heavy atom. The van der Waals surface area contributed by atoms with Crippen molar-refractivity contribution < 1.29 is 24.2 Å². The molecule has 0 aliphatic carbocycles. The summed E-state index contributed by atoms with van der Waals surface area (Å²) >= 11 is 0. The Hall–Kier alpha value is -3.16. The van der Waals surface area contributed by atoms with Gasteiger partial charge in [-0.25, -0.2) is 14.8 Å². The van der Waals surface area contributed by atoms with Crippen LogP contribution in [0.25, 0.3) is 0 Å². The summed E-state index contributed by atoms with van der Waals surface area (Å²) in [6.45, 7) is 2.95. The molecule has 1 aromatic carbocycles. The van der Waals surface area contributed by atoms with E-state index in [0.717, 1.165) is 6.20 Å². The van der Waals surface area contributed by atoms with Crippen molar-refractivity contribution in [2.24, 2.45) is 0 Å². The number of fused-ring (bicyclic) bond motifs is 1. The first-order valence-corrected chi connectivity index (χ1v) is 7.81. The molecular formula is C17H17N3O5. The molecule has 1 unspecified atom stereocenters. The number of carboxylic acid groups (broad SMARTS) is 1. The van der Waals surface area contributed by atoms with Gasteiger partial charge in [-0.1, -0.05) is 12.1 Å². The van der Waals surface area contributed by atoms with Crippen molar-refractivity contribution in [1.29, 1.82) is 0 Å². The van der Waals surface area contributed by atoms with Crippen LogP contribution in [0, 0.1) is 0 Å². The molecule has 1 N–H and O–H groups in total. The number of hydrogen-bond donors (Lipinski definition) is 1. The number of aromatic carboxylic acids is 1. The highest BCUT2D eigenvalue weighted by atomic mass is 16.6. The van der Waals surface area contributed by atoms with Crippen molar-refractivity contribution in [2.75, 3.05) is 19.7 Å². The maximum Gasteiger partial charge on any atom is 0.356 e. The minimum Gasteiger partial charge on any atom is -0.486 e. The van der Waals surface area contributed by atoms with E-state index in [0.29, 0.717) is 31.2 Å². The first-order valence-electron chi connectivity index (χ1n) is 7.81. The first kappa shape index (κ1) is 16.7. The summed E-state index contributed by atoms with van der Waals surface area (Å²) < 4.78 is 11.5. The van der Waals surface area contributed by atoms with Crippen LogP contribution in [-0.4, -0.2) is 57.7 Å². The number of ether oxygens (including phenoxy) is 2. The molecule has 1 aliphatic heterocycles. The molecule has 1 amide bonds. The molecule has 25 heavy (non-hydrogen) atoms. The maximum absolute atomic E-state index is 12.6. The van der Waals surface area contributed by atoms with E-state index in [1.807, 2.05) is 31.2 Å². The van der Waals surface area contributed by atoms with E-state index in [9.17, 15) is 9.59 Å². The highest BCUT2D eigenvalue weighted by Crippen LogP contribution is 2.31. The summed E-state index contributed by atoms with van der Waals surface area (Å²) in [4.78, 5) is 32.5. The lowest BCUT2D eigenvalue weighted by molar-refractivity contribution is 0.0470. The van der Waals surface area contributed by atoms with Crippen LogP contribution >= 0.6 is 0 Å². The van der Waals surface area contributed by atoms with Crippen LogP contribution in [0.3, 0.4) is 0 Å². The van der Waals surface area contributed by atoms with E-state index in [1.165, 1.54) is 6.20 Å². The molecule has 1 atom stereocenters. The first-order chi connectivity index (χ1) is 12.1. The molecular weight excluding hydrogens is 326 g/mol. The van der Waals surface area contributed by atoms with E-state index in [-0.39, 0.29) is 23.4 Å². The van der Waals surface area contributed by atoms with E-state index in [2.05, 4.69) is 9.97 Å². The molecule has 8 heteroatoms. The van der Waals surface area contributed by atoms with E-state index < -0.39 is 5.97 Å². The van der Waals surface area contributed by atoms with Crippen molar-refractivity contribution in [1.82, 2.24) is 14.9 Å². The molecule has 2 heterocycles. The minimum absolute atomic E-state index is 0.0870. The van der Waals surface area contributed by atoms with Crippen LogP contribution in [0.4, 0.5) is 0 Å². The summed E-state index contributed by atoms with van der Waals surface area (Å²) in [5.74, 6) is -0.198. The molecule has 0 bridgehead atoms. The fourth-order valence-electron chi connectivity index (χ4n) is 2.47. The summed E-state index contributed by atoms with van der Waals surface area (Å²) in [5, 5.41) is 8.84. The number of nitrogens with zero attached hydrogens (tertiary/aromatic N) is 3. The predicted octanol–water partition coefficient (Wildman–Crippen LogP) is 1.48. The number of benzene rings is 1. The monoisotopic (exact) mass is 343 g/mol. The van der Waals surface area contributed by atoms with E-state index >= 15 is 0 Å². The molecule has 0 saturated carbocycles. The summed E-state index contributed by atoms with van der Waals surface area (Å²) in [6, 6.07) is 7.36. The smallest absolute Gasteiger partial charge is 0.356 e. The number of carboxylic acids is 1. The highest BCUT2D eigenvalue weighted by Gasteiger charge is 2.26. The normalized spacial score (nSPS) is 15.5. The molecule has 2 aromatic rings. The molecule has 0 spiro atoms. The zero-order chi connectivity index (χ0) is 17.8. The van der Waals surface area contributed by atoms with E-state index in [1.54, 1.807) is 4.90 Å². The Morgan fingerprint density at radius 2 is 1.88 bits per heavy atom. The molecule has 8 nitrogen and oxygen atoms in total. The third-order valence-corrected chi connectivity index (χ3v) is 3.75. The van der Waals surface area contributed by atoms with Gasteiger partial charge in [0.1, 0.15) is 12.3 Å². The number of carbonyl (C=O) groups excluding carboxylic acids is 1. The van der Waals surface area contributed by atoms with Crippen LogP contribution in [0.2, 0.25) is 0 Å². The lowest BCUT2D eigenvalue weighted by atomic mass is 10.2. The van der Waals surface area contributed by atoms with Gasteiger partial charge in [0.25, 0.3) is 5.91 Å². The number of aromatic nitrogens is 2. The number of likely N-dealkylation sites (N-methyl/N-ethyl adjacent to an activating group) is 1. The molecule has 0 fully saturated rings. The van der Waals surface area contributed by atoms with Gasteiger partial charge in [0.2, 0.25) is 0 Å². The van der Waals surface area contributed by atoms with Crippen molar-refractivity contribution in [3.63, 3.8) is 0 Å². The molecule has 1 aliphatic rings. The predicted molar refractivity (Wildman–Crippen MR) is 86.9 cm³/mol.